The second-order valence-corrected chi connectivity index (χ2v) is 7.22. The van der Waals surface area contributed by atoms with Crippen LogP contribution in [0.15, 0.2) is 48.5 Å². The Morgan fingerprint density at radius 1 is 0.929 bits per heavy atom. The fraction of sp³-hybridized carbons (Fsp3) is 0.417. The minimum absolute atomic E-state index is 0.00981. The molecule has 2 rings (SSSR count). The normalized spacial score (nSPS) is 11.7. The quantitative estimate of drug-likeness (QED) is 0.714. The topological polar surface area (TPSA) is 49.4 Å². The smallest absolute Gasteiger partial charge is 0.242 e. The number of rotatable bonds is 9. The van der Waals surface area contributed by atoms with Crippen LogP contribution in [0.1, 0.15) is 48.9 Å². The van der Waals surface area contributed by atoms with Crippen molar-refractivity contribution in [3.63, 3.8) is 0 Å². The van der Waals surface area contributed by atoms with Crippen LogP contribution >= 0.6 is 0 Å². The van der Waals surface area contributed by atoms with Crippen LogP contribution in [0.4, 0.5) is 0 Å². The summed E-state index contributed by atoms with van der Waals surface area (Å²) in [6, 6.07) is 16.1. The van der Waals surface area contributed by atoms with E-state index in [1.807, 2.05) is 38.1 Å². The Morgan fingerprint density at radius 3 is 2.04 bits per heavy atom. The van der Waals surface area contributed by atoms with Crippen LogP contribution in [0.2, 0.25) is 0 Å². The van der Waals surface area contributed by atoms with Gasteiger partial charge in [-0.15, -0.1) is 0 Å². The van der Waals surface area contributed by atoms with Crippen molar-refractivity contribution in [1.82, 2.24) is 10.2 Å². The SMILES string of the molecule is CCc1ccc(CCC(=O)N(Cc2ccc(C)cc2)[C@@H](CC)C(=O)NC)cc1. The minimum atomic E-state index is -0.457. The van der Waals surface area contributed by atoms with Gasteiger partial charge in [0.15, 0.2) is 0 Å². The molecule has 2 aromatic rings. The van der Waals surface area contributed by atoms with Crippen molar-refractivity contribution in [3.8, 4) is 0 Å². The number of hydrogen-bond donors (Lipinski definition) is 1. The molecular weight excluding hydrogens is 348 g/mol. The lowest BCUT2D eigenvalue weighted by Gasteiger charge is -2.30. The molecule has 0 unspecified atom stereocenters. The molecular formula is C24H32N2O2. The first kappa shape index (κ1) is 21.7. The summed E-state index contributed by atoms with van der Waals surface area (Å²) in [5.74, 6) is -0.106. The predicted octanol–water partition coefficient (Wildman–Crippen LogP) is 4.04. The summed E-state index contributed by atoms with van der Waals surface area (Å²) in [7, 11) is 1.62. The van der Waals surface area contributed by atoms with Crippen molar-refractivity contribution in [2.45, 2.75) is 59.0 Å². The molecule has 0 fully saturated rings. The fourth-order valence-electron chi connectivity index (χ4n) is 3.31. The Labute approximate surface area is 169 Å². The monoisotopic (exact) mass is 380 g/mol. The highest BCUT2D eigenvalue weighted by Crippen LogP contribution is 2.16. The standard InChI is InChI=1S/C24H32N2O2/c1-5-19-11-13-20(14-12-19)15-16-23(27)26(22(6-2)24(28)25-4)17-21-9-7-18(3)8-10-21/h7-14,22H,5-6,15-17H2,1-4H3,(H,25,28)/t22-/m0/s1. The van der Waals surface area contributed by atoms with E-state index in [0.29, 0.717) is 25.8 Å². The lowest BCUT2D eigenvalue weighted by molar-refractivity contribution is -0.141. The number of likely N-dealkylation sites (N-methyl/N-ethyl adjacent to an activating group) is 1. The molecule has 0 aliphatic rings. The van der Waals surface area contributed by atoms with E-state index in [-0.39, 0.29) is 11.8 Å². The average molecular weight is 381 g/mol. The highest BCUT2D eigenvalue weighted by molar-refractivity contribution is 5.87. The van der Waals surface area contributed by atoms with Crippen molar-refractivity contribution in [1.29, 1.82) is 0 Å². The zero-order valence-electron chi connectivity index (χ0n) is 17.5. The van der Waals surface area contributed by atoms with Crippen LogP contribution in [-0.4, -0.2) is 29.8 Å². The number of amides is 2. The van der Waals surface area contributed by atoms with Gasteiger partial charge in [0.05, 0.1) is 0 Å². The highest BCUT2D eigenvalue weighted by atomic mass is 16.2. The van der Waals surface area contributed by atoms with E-state index < -0.39 is 6.04 Å². The van der Waals surface area contributed by atoms with Crippen LogP contribution in [0, 0.1) is 6.92 Å². The zero-order chi connectivity index (χ0) is 20.5. The number of carbonyl (C=O) groups is 2. The molecule has 2 aromatic carbocycles. The molecule has 0 spiro atoms. The lowest BCUT2D eigenvalue weighted by atomic mass is 10.0. The Bertz CT molecular complexity index is 766. The summed E-state index contributed by atoms with van der Waals surface area (Å²) in [4.78, 5) is 27.2. The third kappa shape index (κ3) is 5.95. The van der Waals surface area contributed by atoms with E-state index in [9.17, 15) is 9.59 Å². The molecule has 1 atom stereocenters. The third-order valence-electron chi connectivity index (χ3n) is 5.16. The Kier molecular flexibility index (Phi) is 8.24. The number of aryl methyl sites for hydroxylation is 3. The molecule has 28 heavy (non-hydrogen) atoms. The molecule has 1 N–H and O–H groups in total. The third-order valence-corrected chi connectivity index (χ3v) is 5.16. The molecule has 0 aliphatic heterocycles. The molecule has 4 heteroatoms. The number of hydrogen-bond acceptors (Lipinski definition) is 2. The van der Waals surface area contributed by atoms with Crippen LogP contribution in [0.5, 0.6) is 0 Å². The van der Waals surface area contributed by atoms with Gasteiger partial charge < -0.3 is 10.2 Å². The van der Waals surface area contributed by atoms with Crippen LogP contribution < -0.4 is 5.32 Å². The van der Waals surface area contributed by atoms with E-state index in [1.165, 1.54) is 11.1 Å². The van der Waals surface area contributed by atoms with E-state index in [1.54, 1.807) is 11.9 Å². The van der Waals surface area contributed by atoms with Crippen molar-refractivity contribution < 1.29 is 9.59 Å². The summed E-state index contributed by atoms with van der Waals surface area (Å²) in [6.07, 6.45) is 2.67. The molecule has 0 saturated heterocycles. The lowest BCUT2D eigenvalue weighted by Crippen LogP contribution is -2.48. The van der Waals surface area contributed by atoms with Crippen LogP contribution in [0.25, 0.3) is 0 Å². The Hall–Kier alpha value is -2.62. The number of carbonyl (C=O) groups excluding carboxylic acids is 2. The average Bonchev–Trinajstić information content (AvgIpc) is 2.73. The van der Waals surface area contributed by atoms with Gasteiger partial charge in [-0.25, -0.2) is 0 Å². The summed E-state index contributed by atoms with van der Waals surface area (Å²) in [5.41, 5.74) is 4.65. The van der Waals surface area contributed by atoms with Gasteiger partial charge in [-0.3, -0.25) is 9.59 Å². The maximum atomic E-state index is 13.1. The maximum Gasteiger partial charge on any atom is 0.242 e. The molecule has 2 amide bonds. The number of nitrogens with zero attached hydrogens (tertiary/aromatic N) is 1. The Balaban J connectivity index is 2.14. The molecule has 0 bridgehead atoms. The number of nitrogens with one attached hydrogen (secondary N) is 1. The van der Waals surface area contributed by atoms with Gasteiger partial charge in [-0.05, 0) is 42.9 Å². The molecule has 0 heterocycles. The fourth-order valence-corrected chi connectivity index (χ4v) is 3.31. The number of benzene rings is 2. The first-order chi connectivity index (χ1) is 13.5. The Morgan fingerprint density at radius 2 is 1.50 bits per heavy atom. The van der Waals surface area contributed by atoms with Crippen molar-refractivity contribution in [2.24, 2.45) is 0 Å². The second-order valence-electron chi connectivity index (χ2n) is 7.22. The van der Waals surface area contributed by atoms with E-state index in [4.69, 9.17) is 0 Å². The molecule has 4 nitrogen and oxygen atoms in total. The van der Waals surface area contributed by atoms with Crippen molar-refractivity contribution in [3.05, 3.63) is 70.8 Å². The van der Waals surface area contributed by atoms with Gasteiger partial charge in [-0.2, -0.15) is 0 Å². The molecule has 0 aliphatic carbocycles. The minimum Gasteiger partial charge on any atom is -0.357 e. The van der Waals surface area contributed by atoms with Gasteiger partial charge in [0.25, 0.3) is 0 Å². The highest BCUT2D eigenvalue weighted by Gasteiger charge is 2.27. The summed E-state index contributed by atoms with van der Waals surface area (Å²) < 4.78 is 0. The van der Waals surface area contributed by atoms with Gasteiger partial charge in [0.2, 0.25) is 11.8 Å². The van der Waals surface area contributed by atoms with Crippen molar-refractivity contribution in [2.75, 3.05) is 7.05 Å². The van der Waals surface area contributed by atoms with Crippen molar-refractivity contribution >= 4 is 11.8 Å². The maximum absolute atomic E-state index is 13.1. The first-order valence-corrected chi connectivity index (χ1v) is 10.1. The molecule has 0 saturated carbocycles. The molecule has 0 aromatic heterocycles. The zero-order valence-corrected chi connectivity index (χ0v) is 17.5. The second kappa shape index (κ2) is 10.6. The van der Waals surface area contributed by atoms with Crippen LogP contribution in [0.3, 0.4) is 0 Å². The van der Waals surface area contributed by atoms with Gasteiger partial charge in [-0.1, -0.05) is 67.9 Å². The van der Waals surface area contributed by atoms with E-state index in [0.717, 1.165) is 17.5 Å². The summed E-state index contributed by atoms with van der Waals surface area (Å²) in [6.45, 7) is 6.56. The first-order valence-electron chi connectivity index (χ1n) is 10.1. The molecule has 150 valence electrons. The van der Waals surface area contributed by atoms with E-state index >= 15 is 0 Å². The van der Waals surface area contributed by atoms with Gasteiger partial charge in [0.1, 0.15) is 6.04 Å². The van der Waals surface area contributed by atoms with Crippen LogP contribution in [-0.2, 0) is 29.0 Å². The summed E-state index contributed by atoms with van der Waals surface area (Å²) >= 11 is 0. The largest absolute Gasteiger partial charge is 0.357 e. The van der Waals surface area contributed by atoms with Gasteiger partial charge >= 0.3 is 0 Å². The molecule has 0 radical (unpaired) electrons. The summed E-state index contributed by atoms with van der Waals surface area (Å²) in [5, 5.41) is 2.70. The van der Waals surface area contributed by atoms with E-state index in [2.05, 4.69) is 36.5 Å². The van der Waals surface area contributed by atoms with Gasteiger partial charge in [0, 0.05) is 20.0 Å². The predicted molar refractivity (Wildman–Crippen MR) is 114 cm³/mol.